The van der Waals surface area contributed by atoms with Crippen LogP contribution in [0.15, 0.2) is 64.0 Å². The van der Waals surface area contributed by atoms with Gasteiger partial charge in [0, 0.05) is 0 Å². The van der Waals surface area contributed by atoms with E-state index >= 15 is 0 Å². The quantitative estimate of drug-likeness (QED) is 0.198. The van der Waals surface area contributed by atoms with Crippen molar-refractivity contribution in [2.45, 2.75) is 6.54 Å². The maximum atomic E-state index is 13.1. The predicted octanol–water partition coefficient (Wildman–Crippen LogP) is 0.575. The SMILES string of the molecule is O=C(O)CN1/C(=C/C=c2/s/c(=C3\SC(=S)N(O)C3=O)n(CC(=O)O)c2=O)[Se]c2ccc(-c3ccccc3)cc21. The Balaban J connectivity index is 1.61. The summed E-state index contributed by atoms with van der Waals surface area (Å²) < 4.78 is 2.72. The van der Waals surface area contributed by atoms with Crippen LogP contribution in [0, 0.1) is 0 Å². The van der Waals surface area contributed by atoms with Crippen LogP contribution < -0.4 is 24.1 Å². The Labute approximate surface area is 239 Å². The van der Waals surface area contributed by atoms with Crippen molar-refractivity contribution in [3.05, 3.63) is 78.8 Å². The van der Waals surface area contributed by atoms with Crippen LogP contribution in [0.5, 0.6) is 0 Å². The first-order chi connectivity index (χ1) is 18.6. The molecule has 0 saturated carbocycles. The second kappa shape index (κ2) is 10.9. The van der Waals surface area contributed by atoms with Crippen molar-refractivity contribution in [3.8, 4) is 11.1 Å². The van der Waals surface area contributed by atoms with Crippen LogP contribution >= 0.6 is 35.3 Å². The number of fused-ring (bicyclic) bond motifs is 1. The Morgan fingerprint density at radius 1 is 0.974 bits per heavy atom. The van der Waals surface area contributed by atoms with Crippen molar-refractivity contribution in [3.63, 3.8) is 0 Å². The van der Waals surface area contributed by atoms with Gasteiger partial charge >= 0.3 is 241 Å². The van der Waals surface area contributed by atoms with E-state index in [2.05, 4.69) is 0 Å². The molecule has 2 aliphatic heterocycles. The third-order valence-corrected chi connectivity index (χ3v) is 10.6. The number of anilines is 1. The van der Waals surface area contributed by atoms with E-state index in [0.29, 0.717) is 4.60 Å². The average Bonchev–Trinajstić information content (AvgIpc) is 3.49. The van der Waals surface area contributed by atoms with Gasteiger partial charge in [0.05, 0.1) is 0 Å². The number of hydrogen-bond donors (Lipinski definition) is 3. The van der Waals surface area contributed by atoms with E-state index in [9.17, 15) is 34.6 Å². The third-order valence-electron chi connectivity index (χ3n) is 5.65. The number of rotatable bonds is 6. The first-order valence-electron chi connectivity index (χ1n) is 11.1. The number of carbonyl (C=O) groups excluding carboxylic acids is 1. The molecule has 1 fully saturated rings. The van der Waals surface area contributed by atoms with Gasteiger partial charge in [-0.25, -0.2) is 0 Å². The van der Waals surface area contributed by atoms with E-state index in [1.54, 1.807) is 11.0 Å². The predicted molar refractivity (Wildman–Crippen MR) is 152 cm³/mol. The molecule has 10 nitrogen and oxygen atoms in total. The number of aromatic nitrogens is 1. The first-order valence-corrected chi connectivity index (χ1v) is 14.9. The fourth-order valence-corrected chi connectivity index (χ4v) is 8.42. The summed E-state index contributed by atoms with van der Waals surface area (Å²) in [5.41, 5.74) is 2.08. The topological polar surface area (TPSA) is 140 Å². The number of thiocarbonyl (C=S) groups is 1. The summed E-state index contributed by atoms with van der Waals surface area (Å²) >= 11 is 6.35. The van der Waals surface area contributed by atoms with Gasteiger partial charge in [-0.2, -0.15) is 0 Å². The van der Waals surface area contributed by atoms with Crippen LogP contribution in [-0.4, -0.2) is 68.7 Å². The summed E-state index contributed by atoms with van der Waals surface area (Å²) in [6.07, 6.45) is 3.16. The fraction of sp³-hybridized carbons (Fsp3) is 0.0800. The standard InChI is InChI=1S/C25H17N3O7S3Se/c29-19(30)11-26-15-10-14(13-4-2-1-3-5-13)6-8-17(15)39-18(26)9-7-16-22(33)27(12-20(31)32)24(37-16)21-23(34)28(35)25(36)38-21/h1-10,35H,11-12H2,(H,29,30)(H,31,32)/b16-7+,18-9-,24-21-. The Kier molecular flexibility index (Phi) is 7.58. The van der Waals surface area contributed by atoms with Crippen LogP contribution in [0.25, 0.3) is 22.1 Å². The number of thioether (sulfide) groups is 1. The molecule has 0 bridgehead atoms. The van der Waals surface area contributed by atoms with E-state index in [1.807, 2.05) is 48.5 Å². The molecule has 14 heteroatoms. The van der Waals surface area contributed by atoms with Gasteiger partial charge in [0.15, 0.2) is 0 Å². The van der Waals surface area contributed by atoms with E-state index in [-0.39, 0.29) is 45.0 Å². The molecule has 3 heterocycles. The zero-order chi connectivity index (χ0) is 27.8. The Bertz CT molecular complexity index is 1770. The fourth-order valence-electron chi connectivity index (χ4n) is 3.95. The number of nitrogens with zero attached hydrogens (tertiary/aromatic N) is 3. The molecule has 2 aromatic carbocycles. The third kappa shape index (κ3) is 5.35. The second-order valence-corrected chi connectivity index (χ2v) is 13.1. The molecule has 1 saturated heterocycles. The Hall–Kier alpha value is -3.52. The summed E-state index contributed by atoms with van der Waals surface area (Å²) in [4.78, 5) is 50.4. The maximum absolute atomic E-state index is 13.1. The molecule has 1 aromatic heterocycles. The molecule has 3 N–H and O–H groups in total. The molecule has 0 radical (unpaired) electrons. The summed E-state index contributed by atoms with van der Waals surface area (Å²) in [5.74, 6) is -3.14. The molecule has 1 amide bonds. The minimum absolute atomic E-state index is 0.0448. The number of amides is 1. The van der Waals surface area contributed by atoms with Gasteiger partial charge in [-0.3, -0.25) is 0 Å². The van der Waals surface area contributed by atoms with E-state index < -0.39 is 29.9 Å². The Morgan fingerprint density at radius 2 is 1.69 bits per heavy atom. The van der Waals surface area contributed by atoms with Crippen LogP contribution in [0.1, 0.15) is 0 Å². The van der Waals surface area contributed by atoms with Gasteiger partial charge in [-0.1, -0.05) is 0 Å². The molecule has 0 aliphatic carbocycles. The van der Waals surface area contributed by atoms with E-state index in [1.165, 1.54) is 6.08 Å². The van der Waals surface area contributed by atoms with Crippen LogP contribution in [0.4, 0.5) is 5.69 Å². The molecule has 5 rings (SSSR count). The number of carboxylic acids is 2. The summed E-state index contributed by atoms with van der Waals surface area (Å²) in [6.45, 7) is -0.966. The van der Waals surface area contributed by atoms with E-state index in [4.69, 9.17) is 12.2 Å². The van der Waals surface area contributed by atoms with Crippen molar-refractivity contribution in [1.29, 1.82) is 0 Å². The van der Waals surface area contributed by atoms with Crippen molar-refractivity contribution in [2.75, 3.05) is 11.4 Å². The molecular weight excluding hydrogens is 629 g/mol. The molecule has 3 aromatic rings. The zero-order valence-electron chi connectivity index (χ0n) is 19.6. The number of aliphatic carboxylic acids is 2. The van der Waals surface area contributed by atoms with Gasteiger partial charge in [0.25, 0.3) is 0 Å². The minimum atomic E-state index is -1.28. The molecule has 198 valence electrons. The monoisotopic (exact) mass is 647 g/mol. The van der Waals surface area contributed by atoms with Gasteiger partial charge in [0.1, 0.15) is 0 Å². The van der Waals surface area contributed by atoms with Crippen molar-refractivity contribution in [1.82, 2.24) is 9.63 Å². The number of carboxylic acid groups (broad SMARTS) is 2. The molecule has 2 aliphatic rings. The average molecular weight is 647 g/mol. The van der Waals surface area contributed by atoms with Gasteiger partial charge < -0.3 is 0 Å². The van der Waals surface area contributed by atoms with Crippen LogP contribution in [0.3, 0.4) is 0 Å². The Morgan fingerprint density at radius 3 is 2.33 bits per heavy atom. The summed E-state index contributed by atoms with van der Waals surface area (Å²) in [5, 5.41) is 29.0. The molecule has 0 atom stereocenters. The zero-order valence-corrected chi connectivity index (χ0v) is 23.8. The number of benzene rings is 2. The number of allylic oxidation sites excluding steroid dienone is 1. The van der Waals surface area contributed by atoms with Crippen molar-refractivity contribution >= 4 is 93.6 Å². The summed E-state index contributed by atoms with van der Waals surface area (Å²) in [7, 11) is 0. The van der Waals surface area contributed by atoms with Crippen LogP contribution in [-0.2, 0) is 20.9 Å². The molecule has 39 heavy (non-hydrogen) atoms. The number of carbonyl (C=O) groups is 3. The number of thiazole rings is 1. The number of hydroxylamine groups is 2. The normalized spacial score (nSPS) is 17.9. The molecule has 0 unspecified atom stereocenters. The van der Waals surface area contributed by atoms with E-state index in [0.717, 1.165) is 48.9 Å². The van der Waals surface area contributed by atoms with Gasteiger partial charge in [0.2, 0.25) is 0 Å². The van der Waals surface area contributed by atoms with Gasteiger partial charge in [-0.05, 0) is 0 Å². The van der Waals surface area contributed by atoms with Crippen molar-refractivity contribution < 1.29 is 29.8 Å². The number of hydrogen-bond acceptors (Lipinski definition) is 9. The molecular formula is C25H17N3O7S3Se. The van der Waals surface area contributed by atoms with Crippen LogP contribution in [0.2, 0.25) is 0 Å². The van der Waals surface area contributed by atoms with Gasteiger partial charge in [-0.15, -0.1) is 0 Å². The second-order valence-electron chi connectivity index (χ2n) is 8.17. The molecule has 0 spiro atoms. The first kappa shape index (κ1) is 27.1. The summed E-state index contributed by atoms with van der Waals surface area (Å²) in [6, 6.07) is 15.6. The van der Waals surface area contributed by atoms with Crippen molar-refractivity contribution in [2.24, 2.45) is 0 Å².